The van der Waals surface area contributed by atoms with Crippen molar-refractivity contribution in [3.63, 3.8) is 0 Å². The number of anilines is 1. The third-order valence-corrected chi connectivity index (χ3v) is 6.65. The molecule has 11 heteroatoms. The molecule has 204 valence electrons. The molecule has 0 aromatic heterocycles. The first kappa shape index (κ1) is 29.4. The van der Waals surface area contributed by atoms with E-state index >= 15 is 0 Å². The number of phenols is 1. The summed E-state index contributed by atoms with van der Waals surface area (Å²) in [4.78, 5) is 17.7. The van der Waals surface area contributed by atoms with Crippen molar-refractivity contribution in [1.82, 2.24) is 0 Å². The van der Waals surface area contributed by atoms with E-state index in [-0.39, 0.29) is 22.5 Å². The Hall–Kier alpha value is -4.16. The largest absolute Gasteiger partial charge is 0.505 e. The van der Waals surface area contributed by atoms with Gasteiger partial charge in [0.1, 0.15) is 5.69 Å². The van der Waals surface area contributed by atoms with E-state index in [9.17, 15) is 22.9 Å². The van der Waals surface area contributed by atoms with Crippen LogP contribution in [0.3, 0.4) is 0 Å². The lowest BCUT2D eigenvalue weighted by Gasteiger charge is -2.22. The summed E-state index contributed by atoms with van der Waals surface area (Å²) in [5.41, 5.74) is 2.53. The summed E-state index contributed by atoms with van der Waals surface area (Å²) in [5, 5.41) is 27.5. The Morgan fingerprint density at radius 1 is 0.949 bits per heavy atom. The normalized spacial score (nSPS) is 11.3. The SMILES string of the molecule is CCOO.Cc1ccccc1C(=O)N(C)c1cc(S(=O)(=O)O)cc2cc(C)c(N=Nc3ccccc3)c(O)c12. The molecule has 0 aliphatic heterocycles. The second-order valence-corrected chi connectivity index (χ2v) is 9.96. The molecule has 3 N–H and O–H groups in total. The van der Waals surface area contributed by atoms with E-state index in [1.807, 2.05) is 18.2 Å². The summed E-state index contributed by atoms with van der Waals surface area (Å²) in [6, 6.07) is 20.0. The Labute approximate surface area is 226 Å². The van der Waals surface area contributed by atoms with Gasteiger partial charge in [-0.15, -0.1) is 5.11 Å². The standard InChI is InChI=1S/C26H23N3O5S.C2H6O2/c1-16-9-7-8-12-21(16)26(31)29(3)22-15-20(35(32,33)34)14-18-13-17(2)24(25(30)23(18)22)28-27-19-10-5-4-6-11-19;1-2-4-3/h4-15,30H,1-3H3,(H,32,33,34);3H,2H2,1H3. The first-order valence-electron chi connectivity index (χ1n) is 11.8. The molecule has 0 atom stereocenters. The summed E-state index contributed by atoms with van der Waals surface area (Å²) in [6.07, 6.45) is 0. The molecule has 0 bridgehead atoms. The number of azo groups is 1. The van der Waals surface area contributed by atoms with Gasteiger partial charge in [0.15, 0.2) is 5.75 Å². The number of amides is 1. The number of nitrogens with zero attached hydrogens (tertiary/aromatic N) is 3. The highest BCUT2D eigenvalue weighted by atomic mass is 32.2. The first-order chi connectivity index (χ1) is 18.5. The topological polar surface area (TPSA) is 149 Å². The molecule has 0 spiro atoms. The summed E-state index contributed by atoms with van der Waals surface area (Å²) >= 11 is 0. The Morgan fingerprint density at radius 2 is 1.56 bits per heavy atom. The lowest BCUT2D eigenvalue weighted by Crippen LogP contribution is -2.27. The van der Waals surface area contributed by atoms with Crippen molar-refractivity contribution < 1.29 is 33.0 Å². The third kappa shape index (κ3) is 6.84. The van der Waals surface area contributed by atoms with Crippen molar-refractivity contribution >= 4 is 43.9 Å². The molecule has 0 aliphatic carbocycles. The monoisotopic (exact) mass is 551 g/mol. The van der Waals surface area contributed by atoms with Crippen molar-refractivity contribution in [2.75, 3.05) is 18.6 Å². The van der Waals surface area contributed by atoms with E-state index in [1.165, 1.54) is 18.0 Å². The molecular formula is C28H29N3O7S. The van der Waals surface area contributed by atoms with Crippen LogP contribution < -0.4 is 4.90 Å². The van der Waals surface area contributed by atoms with Crippen LogP contribution in [0.15, 0.2) is 87.9 Å². The molecule has 0 fully saturated rings. The van der Waals surface area contributed by atoms with Gasteiger partial charge in [0.05, 0.1) is 22.9 Å². The van der Waals surface area contributed by atoms with Crippen molar-refractivity contribution in [3.8, 4) is 5.75 Å². The van der Waals surface area contributed by atoms with Crippen LogP contribution in [-0.4, -0.2) is 42.9 Å². The molecule has 0 saturated heterocycles. The zero-order valence-electron chi connectivity index (χ0n) is 21.9. The predicted octanol–water partition coefficient (Wildman–Crippen LogP) is 6.60. The number of hydrogen-bond acceptors (Lipinski definition) is 8. The molecule has 39 heavy (non-hydrogen) atoms. The zero-order valence-corrected chi connectivity index (χ0v) is 22.7. The Balaban J connectivity index is 0.000000983. The molecule has 4 rings (SSSR count). The first-order valence-corrected chi connectivity index (χ1v) is 13.3. The fourth-order valence-corrected chi connectivity index (χ4v) is 4.38. The van der Waals surface area contributed by atoms with Crippen LogP contribution in [0.25, 0.3) is 10.8 Å². The minimum atomic E-state index is -4.59. The van der Waals surface area contributed by atoms with Gasteiger partial charge in [-0.05, 0) is 73.7 Å². The minimum absolute atomic E-state index is 0.0945. The van der Waals surface area contributed by atoms with E-state index in [0.717, 1.165) is 11.6 Å². The maximum Gasteiger partial charge on any atom is 0.294 e. The fourth-order valence-electron chi connectivity index (χ4n) is 3.85. The summed E-state index contributed by atoms with van der Waals surface area (Å²) in [5.74, 6) is -0.676. The van der Waals surface area contributed by atoms with Gasteiger partial charge >= 0.3 is 0 Å². The molecule has 0 heterocycles. The highest BCUT2D eigenvalue weighted by Crippen LogP contribution is 2.44. The number of phenolic OH excluding ortho intramolecular Hbond substituents is 1. The van der Waals surface area contributed by atoms with Crippen LogP contribution in [-0.2, 0) is 15.0 Å². The number of hydrogen-bond donors (Lipinski definition) is 3. The van der Waals surface area contributed by atoms with E-state index in [4.69, 9.17) is 5.26 Å². The van der Waals surface area contributed by atoms with Gasteiger partial charge in [-0.1, -0.05) is 36.4 Å². The van der Waals surface area contributed by atoms with Gasteiger partial charge in [0.2, 0.25) is 0 Å². The second-order valence-electron chi connectivity index (χ2n) is 8.54. The quantitative estimate of drug-likeness (QED) is 0.106. The smallest absolute Gasteiger partial charge is 0.294 e. The number of rotatable bonds is 6. The lowest BCUT2D eigenvalue weighted by molar-refractivity contribution is -0.237. The van der Waals surface area contributed by atoms with Gasteiger partial charge in [0, 0.05) is 18.0 Å². The minimum Gasteiger partial charge on any atom is -0.505 e. The van der Waals surface area contributed by atoms with Crippen molar-refractivity contribution in [3.05, 3.63) is 89.5 Å². The fraction of sp³-hybridized carbons (Fsp3) is 0.179. The number of benzene rings is 4. The predicted molar refractivity (Wildman–Crippen MR) is 149 cm³/mol. The van der Waals surface area contributed by atoms with Crippen LogP contribution in [0, 0.1) is 13.8 Å². The molecule has 10 nitrogen and oxygen atoms in total. The third-order valence-electron chi connectivity index (χ3n) is 5.82. The van der Waals surface area contributed by atoms with Gasteiger partial charge in [0.25, 0.3) is 16.0 Å². The summed E-state index contributed by atoms with van der Waals surface area (Å²) in [7, 11) is -3.12. The van der Waals surface area contributed by atoms with E-state index in [0.29, 0.717) is 28.8 Å². The Bertz CT molecular complexity index is 1620. The van der Waals surface area contributed by atoms with E-state index in [2.05, 4.69) is 15.1 Å². The van der Waals surface area contributed by atoms with Crippen LogP contribution in [0.1, 0.15) is 28.4 Å². The molecule has 4 aromatic rings. The molecular weight excluding hydrogens is 522 g/mol. The van der Waals surface area contributed by atoms with Crippen molar-refractivity contribution in [2.45, 2.75) is 25.7 Å². The summed E-state index contributed by atoms with van der Waals surface area (Å²) < 4.78 is 33.7. The molecule has 0 aliphatic rings. The van der Waals surface area contributed by atoms with Gasteiger partial charge < -0.3 is 10.0 Å². The lowest BCUT2D eigenvalue weighted by atomic mass is 10.0. The van der Waals surface area contributed by atoms with Crippen molar-refractivity contribution in [1.29, 1.82) is 0 Å². The van der Waals surface area contributed by atoms with Gasteiger partial charge in [-0.25, -0.2) is 4.89 Å². The molecule has 0 radical (unpaired) electrons. The van der Waals surface area contributed by atoms with E-state index < -0.39 is 20.9 Å². The average Bonchev–Trinajstić information content (AvgIpc) is 2.92. The number of aromatic hydroxyl groups is 1. The number of aryl methyl sites for hydroxylation is 2. The van der Waals surface area contributed by atoms with E-state index in [1.54, 1.807) is 63.2 Å². The molecule has 0 unspecified atom stereocenters. The van der Waals surface area contributed by atoms with Crippen LogP contribution in [0.5, 0.6) is 5.75 Å². The highest BCUT2D eigenvalue weighted by molar-refractivity contribution is 7.85. The highest BCUT2D eigenvalue weighted by Gasteiger charge is 2.24. The van der Waals surface area contributed by atoms with Crippen LogP contribution >= 0.6 is 0 Å². The molecule has 4 aromatic carbocycles. The van der Waals surface area contributed by atoms with Crippen LogP contribution in [0.2, 0.25) is 0 Å². The molecule has 0 saturated carbocycles. The maximum absolute atomic E-state index is 13.3. The number of fused-ring (bicyclic) bond motifs is 1. The van der Waals surface area contributed by atoms with Crippen LogP contribution in [0.4, 0.5) is 17.1 Å². The average molecular weight is 552 g/mol. The second kappa shape index (κ2) is 12.6. The molecule has 1 amide bonds. The number of carbonyl (C=O) groups is 1. The Morgan fingerprint density at radius 3 is 2.15 bits per heavy atom. The van der Waals surface area contributed by atoms with Crippen molar-refractivity contribution in [2.24, 2.45) is 10.2 Å². The Kier molecular flexibility index (Phi) is 9.49. The van der Waals surface area contributed by atoms with Gasteiger partial charge in [-0.2, -0.15) is 13.5 Å². The summed E-state index contributed by atoms with van der Waals surface area (Å²) in [6.45, 7) is 5.57. The maximum atomic E-state index is 13.3. The number of carbonyl (C=O) groups excluding carboxylic acids is 1. The zero-order chi connectivity index (χ0) is 28.7. The van der Waals surface area contributed by atoms with Gasteiger partial charge in [-0.3, -0.25) is 14.6 Å².